The first kappa shape index (κ1) is 17.8. The lowest BCUT2D eigenvalue weighted by molar-refractivity contribution is 0.834. The van der Waals surface area contributed by atoms with Crippen LogP contribution in [0.4, 0.5) is 0 Å². The number of benzene rings is 1. The smallest absolute Gasteiger partial charge is 0.191 e. The van der Waals surface area contributed by atoms with Crippen molar-refractivity contribution in [2.45, 2.75) is 27.2 Å². The number of nitrogens with one attached hydrogen (secondary N) is 3. The Labute approximate surface area is 143 Å². The first-order valence-corrected chi connectivity index (χ1v) is 7.34. The summed E-state index contributed by atoms with van der Waals surface area (Å²) in [7, 11) is 0. The number of nitrogens with zero attached hydrogens (tertiary/aromatic N) is 1. The number of halogens is 1. The zero-order valence-corrected chi connectivity index (χ0v) is 15.3. The third-order valence-corrected chi connectivity index (χ3v) is 3.34. The number of aromatic nitrogens is 1. The highest BCUT2D eigenvalue weighted by atomic mass is 127. The third kappa shape index (κ3) is 4.62. The highest BCUT2D eigenvalue weighted by Crippen LogP contribution is 2.22. The second kappa shape index (κ2) is 8.92. The van der Waals surface area contributed by atoms with Crippen LogP contribution < -0.4 is 10.6 Å². The van der Waals surface area contributed by atoms with Gasteiger partial charge >= 0.3 is 0 Å². The SMILES string of the molecule is CCNC(=NCCc1c[nH]c2cccc(C)c12)NCC.I. The Morgan fingerprint density at radius 3 is 2.57 bits per heavy atom. The van der Waals surface area contributed by atoms with E-state index in [9.17, 15) is 0 Å². The molecule has 0 radical (unpaired) electrons. The Kier molecular flexibility index (Phi) is 7.56. The standard InChI is InChI=1S/C16H24N4.HI/c1-4-17-16(18-5-2)19-10-9-13-11-20-14-8-6-7-12(3)15(13)14;/h6-8,11,20H,4-5,9-10H2,1-3H3,(H2,17,18,19);1H. The molecule has 3 N–H and O–H groups in total. The van der Waals surface area contributed by atoms with Crippen LogP contribution in [0.2, 0.25) is 0 Å². The molecule has 0 amide bonds. The molecule has 5 heteroatoms. The van der Waals surface area contributed by atoms with Gasteiger partial charge in [-0.2, -0.15) is 0 Å². The van der Waals surface area contributed by atoms with Crippen LogP contribution in [0.1, 0.15) is 25.0 Å². The number of aliphatic imine (C=N–C) groups is 1. The van der Waals surface area contributed by atoms with Gasteiger partial charge in [0.25, 0.3) is 0 Å². The maximum atomic E-state index is 4.60. The average molecular weight is 400 g/mol. The number of aryl methyl sites for hydroxylation is 1. The monoisotopic (exact) mass is 400 g/mol. The van der Waals surface area contributed by atoms with Crippen molar-refractivity contribution in [1.29, 1.82) is 0 Å². The molecule has 0 bridgehead atoms. The minimum absolute atomic E-state index is 0. The largest absolute Gasteiger partial charge is 0.361 e. The molecule has 0 aliphatic carbocycles. The van der Waals surface area contributed by atoms with Crippen LogP contribution in [0.15, 0.2) is 29.4 Å². The van der Waals surface area contributed by atoms with Crippen molar-refractivity contribution in [1.82, 2.24) is 15.6 Å². The number of hydrogen-bond acceptors (Lipinski definition) is 1. The fourth-order valence-corrected chi connectivity index (χ4v) is 2.45. The van der Waals surface area contributed by atoms with Crippen LogP contribution >= 0.6 is 24.0 Å². The lowest BCUT2D eigenvalue weighted by Crippen LogP contribution is -2.37. The molecule has 0 saturated carbocycles. The first-order chi connectivity index (χ1) is 9.76. The summed E-state index contributed by atoms with van der Waals surface area (Å²) in [5.74, 6) is 0.895. The summed E-state index contributed by atoms with van der Waals surface area (Å²) in [5, 5.41) is 7.83. The van der Waals surface area contributed by atoms with E-state index in [1.807, 2.05) is 0 Å². The van der Waals surface area contributed by atoms with E-state index in [-0.39, 0.29) is 24.0 Å². The lowest BCUT2D eigenvalue weighted by Gasteiger charge is -2.08. The fraction of sp³-hybridized carbons (Fsp3) is 0.438. The number of fused-ring (bicyclic) bond motifs is 1. The number of rotatable bonds is 5. The molecule has 1 aromatic carbocycles. The van der Waals surface area contributed by atoms with Crippen LogP contribution in [0.5, 0.6) is 0 Å². The van der Waals surface area contributed by atoms with Crippen molar-refractivity contribution < 1.29 is 0 Å². The Bertz CT molecular complexity index is 581. The van der Waals surface area contributed by atoms with Crippen molar-refractivity contribution in [2.75, 3.05) is 19.6 Å². The van der Waals surface area contributed by atoms with Gasteiger partial charge in [0, 0.05) is 36.7 Å². The molecule has 4 nitrogen and oxygen atoms in total. The van der Waals surface area contributed by atoms with Crippen molar-refractivity contribution >= 4 is 40.8 Å². The molecule has 116 valence electrons. The van der Waals surface area contributed by atoms with E-state index in [1.165, 1.54) is 22.0 Å². The van der Waals surface area contributed by atoms with E-state index >= 15 is 0 Å². The summed E-state index contributed by atoms with van der Waals surface area (Å²) in [4.78, 5) is 7.93. The molecular weight excluding hydrogens is 375 g/mol. The lowest BCUT2D eigenvalue weighted by atomic mass is 10.1. The maximum absolute atomic E-state index is 4.60. The van der Waals surface area contributed by atoms with E-state index in [4.69, 9.17) is 0 Å². The van der Waals surface area contributed by atoms with Crippen LogP contribution in [0.3, 0.4) is 0 Å². The highest BCUT2D eigenvalue weighted by molar-refractivity contribution is 14.0. The van der Waals surface area contributed by atoms with Crippen molar-refractivity contribution in [3.63, 3.8) is 0 Å². The molecule has 0 spiro atoms. The summed E-state index contributed by atoms with van der Waals surface area (Å²) in [5.41, 5.74) is 3.87. The normalized spacial score (nSPS) is 10.0. The highest BCUT2D eigenvalue weighted by Gasteiger charge is 2.05. The van der Waals surface area contributed by atoms with Gasteiger partial charge in [0.15, 0.2) is 5.96 Å². The first-order valence-electron chi connectivity index (χ1n) is 7.34. The van der Waals surface area contributed by atoms with Gasteiger partial charge in [-0.1, -0.05) is 12.1 Å². The Morgan fingerprint density at radius 1 is 1.19 bits per heavy atom. The predicted molar refractivity (Wildman–Crippen MR) is 102 cm³/mol. The quantitative estimate of drug-likeness (QED) is 0.410. The number of aromatic amines is 1. The summed E-state index contributed by atoms with van der Waals surface area (Å²) >= 11 is 0. The van der Waals surface area contributed by atoms with Gasteiger partial charge in [-0.05, 0) is 44.4 Å². The zero-order valence-electron chi connectivity index (χ0n) is 13.0. The van der Waals surface area contributed by atoms with Gasteiger partial charge in [-0.25, -0.2) is 0 Å². The number of guanidine groups is 1. The Hall–Kier alpha value is -1.24. The fourth-order valence-electron chi connectivity index (χ4n) is 2.45. The minimum Gasteiger partial charge on any atom is -0.361 e. The molecule has 0 aliphatic heterocycles. The molecule has 21 heavy (non-hydrogen) atoms. The molecule has 0 unspecified atom stereocenters. The Balaban J connectivity index is 0.00000220. The van der Waals surface area contributed by atoms with E-state index < -0.39 is 0 Å². The van der Waals surface area contributed by atoms with Crippen molar-refractivity contribution in [3.05, 3.63) is 35.5 Å². The van der Waals surface area contributed by atoms with Crippen LogP contribution in [-0.4, -0.2) is 30.6 Å². The molecule has 0 atom stereocenters. The van der Waals surface area contributed by atoms with E-state index in [0.717, 1.165) is 32.0 Å². The zero-order chi connectivity index (χ0) is 14.4. The third-order valence-electron chi connectivity index (χ3n) is 3.34. The molecular formula is C16H25IN4. The van der Waals surface area contributed by atoms with Crippen molar-refractivity contribution in [3.8, 4) is 0 Å². The Morgan fingerprint density at radius 2 is 1.90 bits per heavy atom. The van der Waals surface area contributed by atoms with Gasteiger partial charge in [-0.15, -0.1) is 24.0 Å². The van der Waals surface area contributed by atoms with Gasteiger partial charge in [-0.3, -0.25) is 4.99 Å². The average Bonchev–Trinajstić information content (AvgIpc) is 2.84. The molecule has 2 aromatic rings. The summed E-state index contributed by atoms with van der Waals surface area (Å²) in [6, 6.07) is 6.37. The second-order valence-electron chi connectivity index (χ2n) is 4.85. The molecule has 0 saturated heterocycles. The molecule has 1 aromatic heterocycles. The van der Waals surface area contributed by atoms with Gasteiger partial charge in [0.05, 0.1) is 0 Å². The number of hydrogen-bond donors (Lipinski definition) is 3. The van der Waals surface area contributed by atoms with Gasteiger partial charge in [0.2, 0.25) is 0 Å². The molecule has 0 fully saturated rings. The summed E-state index contributed by atoms with van der Waals surface area (Å²) in [6.07, 6.45) is 3.05. The van der Waals surface area contributed by atoms with E-state index in [1.54, 1.807) is 0 Å². The van der Waals surface area contributed by atoms with Crippen LogP contribution in [0, 0.1) is 6.92 Å². The van der Waals surface area contributed by atoms with E-state index in [2.05, 4.69) is 65.8 Å². The van der Waals surface area contributed by atoms with E-state index in [0.29, 0.717) is 0 Å². The van der Waals surface area contributed by atoms with Gasteiger partial charge in [0.1, 0.15) is 0 Å². The molecule has 2 rings (SSSR count). The van der Waals surface area contributed by atoms with Crippen LogP contribution in [-0.2, 0) is 6.42 Å². The number of H-pyrrole nitrogens is 1. The van der Waals surface area contributed by atoms with Crippen molar-refractivity contribution in [2.24, 2.45) is 4.99 Å². The van der Waals surface area contributed by atoms with Gasteiger partial charge < -0.3 is 15.6 Å². The molecule has 1 heterocycles. The predicted octanol–water partition coefficient (Wildman–Crippen LogP) is 3.21. The maximum Gasteiger partial charge on any atom is 0.191 e. The summed E-state index contributed by atoms with van der Waals surface area (Å²) < 4.78 is 0. The minimum atomic E-state index is 0. The topological polar surface area (TPSA) is 52.2 Å². The second-order valence-corrected chi connectivity index (χ2v) is 4.85. The molecule has 0 aliphatic rings. The summed E-state index contributed by atoms with van der Waals surface area (Å²) in [6.45, 7) is 8.88. The van der Waals surface area contributed by atoms with Crippen LogP contribution in [0.25, 0.3) is 10.9 Å².